The second-order valence-electron chi connectivity index (χ2n) is 9.52. The molecule has 3 aromatic rings. The molecule has 0 aliphatic carbocycles. The molecule has 5 heterocycles. The Balaban J connectivity index is 0.00000304. The van der Waals surface area contributed by atoms with E-state index in [1.54, 1.807) is 0 Å². The van der Waals surface area contributed by atoms with Gasteiger partial charge >= 0.3 is 16.5 Å². The zero-order valence-electron chi connectivity index (χ0n) is 22.3. The van der Waals surface area contributed by atoms with E-state index in [0.717, 1.165) is 76.1 Å². The Kier molecular flexibility index (Phi) is 7.43. The fourth-order valence-corrected chi connectivity index (χ4v) is 5.59. The van der Waals surface area contributed by atoms with E-state index in [-0.39, 0.29) is 16.5 Å². The quantitative estimate of drug-likeness (QED) is 0.259. The van der Waals surface area contributed by atoms with Crippen molar-refractivity contribution in [2.24, 2.45) is 0 Å². The molecule has 0 unspecified atom stereocenters. The van der Waals surface area contributed by atoms with Crippen LogP contribution >= 0.6 is 0 Å². The molecule has 2 aliphatic rings. The molecule has 3 aromatic heterocycles. The molecule has 0 amide bonds. The SMILES string of the molecule is CCC1=C(C)c2cc3[cH-]c(cc4nc(cc5[n-]c(cc1n2)c(CC)c5CC)C(CC)=C4C)c(C)n3.[Ni+2]. The van der Waals surface area contributed by atoms with Gasteiger partial charge in [-0.05, 0) is 73.0 Å². The smallest absolute Gasteiger partial charge is 0.657 e. The molecule has 5 rings (SSSR count). The number of allylic oxidation sites excluding steroid dienone is 4. The van der Waals surface area contributed by atoms with E-state index >= 15 is 0 Å². The summed E-state index contributed by atoms with van der Waals surface area (Å²) in [5.74, 6) is 0. The third kappa shape index (κ3) is 4.28. The average molecular weight is 521 g/mol. The number of hydrogen-bond donors (Lipinski definition) is 0. The third-order valence-electron chi connectivity index (χ3n) is 7.55. The third-order valence-corrected chi connectivity index (χ3v) is 7.55. The van der Waals surface area contributed by atoms with Crippen molar-refractivity contribution in [1.82, 2.24) is 19.9 Å². The number of fused-ring (bicyclic) bond motifs is 8. The molecule has 5 heteroatoms. The number of rotatable bonds is 4. The van der Waals surface area contributed by atoms with Gasteiger partial charge in [0.15, 0.2) is 0 Å². The molecule has 0 saturated carbocycles. The number of aryl methyl sites for hydroxylation is 3. The fraction of sp³-hybridized carbons (Fsp3) is 0.355. The van der Waals surface area contributed by atoms with E-state index in [9.17, 15) is 0 Å². The standard InChI is InChI=1S/C31H34N4.Ni/c1-8-22-17(5)26-13-20-12-21(32-19(20)7)14-27-18(6)23(9-2)29(34-27)16-31-25(11-4)24(10-3)30(35-31)15-28(22)33-26;/h12-16H,8-11H2,1-7H3;/q-2;+2. The minimum atomic E-state index is 0. The van der Waals surface area contributed by atoms with Gasteiger partial charge in [0.05, 0.1) is 11.4 Å². The van der Waals surface area contributed by atoms with E-state index in [1.807, 2.05) is 0 Å². The van der Waals surface area contributed by atoms with Crippen LogP contribution in [0.3, 0.4) is 0 Å². The zero-order chi connectivity index (χ0) is 24.9. The summed E-state index contributed by atoms with van der Waals surface area (Å²) in [5, 5.41) is 1.11. The van der Waals surface area contributed by atoms with Crippen molar-refractivity contribution in [3.63, 3.8) is 0 Å². The largest absolute Gasteiger partial charge is 2.00 e. The molecule has 0 aromatic carbocycles. The van der Waals surface area contributed by atoms with Crippen LogP contribution in [-0.4, -0.2) is 15.0 Å². The summed E-state index contributed by atoms with van der Waals surface area (Å²) in [6.07, 6.45) is 3.77. The zero-order valence-corrected chi connectivity index (χ0v) is 23.3. The Bertz CT molecular complexity index is 1560. The molecular weight excluding hydrogens is 487 g/mol. The van der Waals surface area contributed by atoms with Crippen LogP contribution in [0, 0.1) is 6.92 Å². The first-order valence-electron chi connectivity index (χ1n) is 12.9. The molecule has 2 aliphatic heterocycles. The van der Waals surface area contributed by atoms with Crippen molar-refractivity contribution < 1.29 is 16.5 Å². The predicted molar refractivity (Wildman–Crippen MR) is 148 cm³/mol. The van der Waals surface area contributed by atoms with Gasteiger partial charge in [0.1, 0.15) is 0 Å². The van der Waals surface area contributed by atoms with Gasteiger partial charge in [-0.3, -0.25) is 9.97 Å². The summed E-state index contributed by atoms with van der Waals surface area (Å²) in [5.41, 5.74) is 15.8. The van der Waals surface area contributed by atoms with Gasteiger partial charge in [-0.15, -0.1) is 28.6 Å². The van der Waals surface area contributed by atoms with Gasteiger partial charge in [-0.2, -0.15) is 0 Å². The van der Waals surface area contributed by atoms with Crippen LogP contribution in [0.4, 0.5) is 0 Å². The molecule has 0 spiro atoms. The van der Waals surface area contributed by atoms with Crippen molar-refractivity contribution in [3.05, 3.63) is 69.9 Å². The molecule has 0 atom stereocenters. The molecule has 0 N–H and O–H groups in total. The van der Waals surface area contributed by atoms with Gasteiger partial charge in [-0.1, -0.05) is 63.9 Å². The average Bonchev–Trinajstić information content (AvgIpc) is 3.52. The minimum absolute atomic E-state index is 0. The Labute approximate surface area is 224 Å². The normalized spacial score (nSPS) is 13.4. The Morgan fingerprint density at radius 3 is 1.61 bits per heavy atom. The van der Waals surface area contributed by atoms with Crippen LogP contribution in [-0.2, 0) is 29.3 Å². The summed E-state index contributed by atoms with van der Waals surface area (Å²) in [4.78, 5) is 20.2. The van der Waals surface area contributed by atoms with E-state index in [4.69, 9.17) is 19.9 Å². The Morgan fingerprint density at radius 1 is 0.639 bits per heavy atom. The van der Waals surface area contributed by atoms with E-state index in [1.165, 1.54) is 33.4 Å². The number of aromatic nitrogens is 4. The van der Waals surface area contributed by atoms with E-state index in [2.05, 4.69) is 78.8 Å². The Hall–Kier alpha value is -2.91. The first-order chi connectivity index (χ1) is 16.9. The molecule has 0 fully saturated rings. The van der Waals surface area contributed by atoms with Crippen LogP contribution in [0.15, 0.2) is 30.3 Å². The van der Waals surface area contributed by atoms with Gasteiger partial charge in [0.2, 0.25) is 0 Å². The topological polar surface area (TPSA) is 52.8 Å². The summed E-state index contributed by atoms with van der Waals surface area (Å²) in [6.45, 7) is 15.3. The second-order valence-corrected chi connectivity index (χ2v) is 9.52. The molecule has 8 bridgehead atoms. The van der Waals surface area contributed by atoms with Crippen LogP contribution in [0.5, 0.6) is 0 Å². The monoisotopic (exact) mass is 520 g/mol. The summed E-state index contributed by atoms with van der Waals surface area (Å²) >= 11 is 0. The van der Waals surface area contributed by atoms with Crippen molar-refractivity contribution >= 4 is 44.2 Å². The maximum atomic E-state index is 5.16. The van der Waals surface area contributed by atoms with Gasteiger partial charge in [0.25, 0.3) is 0 Å². The first kappa shape index (κ1) is 26.2. The summed E-state index contributed by atoms with van der Waals surface area (Å²) in [7, 11) is 0. The fourth-order valence-electron chi connectivity index (χ4n) is 5.59. The molecule has 0 saturated heterocycles. The minimum Gasteiger partial charge on any atom is -0.657 e. The van der Waals surface area contributed by atoms with Crippen molar-refractivity contribution in [1.29, 1.82) is 0 Å². The molecule has 0 radical (unpaired) electrons. The Morgan fingerprint density at radius 2 is 1.14 bits per heavy atom. The molecule has 36 heavy (non-hydrogen) atoms. The van der Waals surface area contributed by atoms with Crippen LogP contribution in [0.1, 0.15) is 94.0 Å². The van der Waals surface area contributed by atoms with E-state index in [0.29, 0.717) is 0 Å². The predicted octanol–water partition coefficient (Wildman–Crippen LogP) is 7.84. The van der Waals surface area contributed by atoms with Crippen LogP contribution < -0.4 is 4.98 Å². The molecule has 4 nitrogen and oxygen atoms in total. The van der Waals surface area contributed by atoms with Gasteiger partial charge in [0, 0.05) is 11.4 Å². The van der Waals surface area contributed by atoms with Crippen molar-refractivity contribution in [2.45, 2.75) is 74.1 Å². The number of nitrogens with zero attached hydrogens (tertiary/aromatic N) is 4. The first-order valence-corrected chi connectivity index (χ1v) is 12.9. The number of hydrogen-bond acceptors (Lipinski definition) is 3. The second kappa shape index (κ2) is 10.2. The van der Waals surface area contributed by atoms with E-state index < -0.39 is 0 Å². The molecular formula is C31H34N4Ni. The maximum Gasteiger partial charge on any atom is 2.00 e. The summed E-state index contributed by atoms with van der Waals surface area (Å²) in [6, 6.07) is 10.9. The van der Waals surface area contributed by atoms with Crippen LogP contribution in [0.25, 0.3) is 44.2 Å². The van der Waals surface area contributed by atoms with Crippen LogP contribution in [0.2, 0.25) is 0 Å². The molecule has 188 valence electrons. The van der Waals surface area contributed by atoms with Crippen molar-refractivity contribution in [3.8, 4) is 0 Å². The maximum absolute atomic E-state index is 5.16. The van der Waals surface area contributed by atoms with Crippen molar-refractivity contribution in [2.75, 3.05) is 0 Å². The van der Waals surface area contributed by atoms with Gasteiger partial charge < -0.3 is 9.97 Å². The summed E-state index contributed by atoms with van der Waals surface area (Å²) < 4.78 is 0. The van der Waals surface area contributed by atoms with Gasteiger partial charge in [-0.25, -0.2) is 0 Å².